The van der Waals surface area contributed by atoms with Crippen LogP contribution < -0.4 is 5.32 Å². The van der Waals surface area contributed by atoms with Crippen molar-refractivity contribution in [3.8, 4) is 0 Å². The van der Waals surface area contributed by atoms with E-state index in [1.807, 2.05) is 19.2 Å². The van der Waals surface area contributed by atoms with Gasteiger partial charge in [-0.15, -0.1) is 0 Å². The van der Waals surface area contributed by atoms with Gasteiger partial charge in [0, 0.05) is 15.5 Å². The Morgan fingerprint density at radius 1 is 1.29 bits per heavy atom. The Bertz CT molecular complexity index is 341. The van der Waals surface area contributed by atoms with Gasteiger partial charge in [-0.05, 0) is 37.2 Å². The van der Waals surface area contributed by atoms with E-state index in [1.165, 1.54) is 31.2 Å². The van der Waals surface area contributed by atoms with E-state index in [2.05, 4.69) is 34.2 Å². The molecule has 0 heterocycles. The number of halogens is 2. The van der Waals surface area contributed by atoms with Crippen LogP contribution in [0.3, 0.4) is 0 Å². The molecule has 1 N–H and O–H groups in total. The molecule has 1 atom stereocenters. The summed E-state index contributed by atoms with van der Waals surface area (Å²) in [6.07, 6.45) is 6.31. The molecule has 0 amide bonds. The lowest BCUT2D eigenvalue weighted by molar-refractivity contribution is 0.505. The highest BCUT2D eigenvalue weighted by Crippen LogP contribution is 2.29. The van der Waals surface area contributed by atoms with Gasteiger partial charge in [-0.1, -0.05) is 60.1 Å². The zero-order chi connectivity index (χ0) is 12.7. The first-order valence-electron chi connectivity index (χ1n) is 6.31. The molecule has 0 bridgehead atoms. The maximum Gasteiger partial charge on any atom is 0.0454 e. The molecule has 0 aromatic heterocycles. The third kappa shape index (κ3) is 4.99. The topological polar surface area (TPSA) is 12.0 Å². The maximum absolute atomic E-state index is 6.25. The predicted octanol–water partition coefficient (Wildman–Crippen LogP) is 5.33. The van der Waals surface area contributed by atoms with Gasteiger partial charge in [0.05, 0.1) is 0 Å². The molecule has 1 rings (SSSR count). The summed E-state index contributed by atoms with van der Waals surface area (Å²) in [6, 6.07) is 6.41. The largest absolute Gasteiger partial charge is 0.313 e. The van der Waals surface area contributed by atoms with Crippen LogP contribution in [0.5, 0.6) is 0 Å². The van der Waals surface area contributed by atoms with E-state index in [4.69, 9.17) is 11.6 Å². The number of hydrogen-bond acceptors (Lipinski definition) is 1. The van der Waals surface area contributed by atoms with E-state index in [0.717, 1.165) is 15.9 Å². The highest BCUT2D eigenvalue weighted by molar-refractivity contribution is 9.10. The van der Waals surface area contributed by atoms with Gasteiger partial charge in [0.1, 0.15) is 0 Å². The normalized spacial score (nSPS) is 12.7. The van der Waals surface area contributed by atoms with Crippen molar-refractivity contribution in [3.63, 3.8) is 0 Å². The third-order valence-electron chi connectivity index (χ3n) is 3.03. The van der Waals surface area contributed by atoms with Crippen LogP contribution in [0.25, 0.3) is 0 Å². The Hall–Kier alpha value is -0.0500. The minimum absolute atomic E-state index is 0.358. The van der Waals surface area contributed by atoms with E-state index in [0.29, 0.717) is 6.04 Å². The number of benzene rings is 1. The molecule has 1 nitrogen and oxygen atoms in total. The SMILES string of the molecule is CCCCCCC(NC)c1cc(Br)ccc1Cl. The Morgan fingerprint density at radius 2 is 2.06 bits per heavy atom. The van der Waals surface area contributed by atoms with Crippen molar-refractivity contribution < 1.29 is 0 Å². The van der Waals surface area contributed by atoms with Crippen LogP contribution in [0.1, 0.15) is 50.6 Å². The van der Waals surface area contributed by atoms with Crippen molar-refractivity contribution in [3.05, 3.63) is 33.3 Å². The summed E-state index contributed by atoms with van der Waals surface area (Å²) in [5.74, 6) is 0. The average molecular weight is 319 g/mol. The molecule has 0 saturated carbocycles. The standard InChI is InChI=1S/C14H21BrClN/c1-3-4-5-6-7-14(17-2)12-10-11(15)8-9-13(12)16/h8-10,14,17H,3-7H2,1-2H3. The zero-order valence-electron chi connectivity index (χ0n) is 10.6. The Balaban J connectivity index is 2.62. The third-order valence-corrected chi connectivity index (χ3v) is 3.87. The fourth-order valence-electron chi connectivity index (χ4n) is 2.01. The molecule has 1 aromatic carbocycles. The number of nitrogens with one attached hydrogen (secondary N) is 1. The summed E-state index contributed by atoms with van der Waals surface area (Å²) in [5, 5.41) is 4.21. The first-order chi connectivity index (χ1) is 8.19. The number of hydrogen-bond donors (Lipinski definition) is 1. The molecule has 0 fully saturated rings. The van der Waals surface area contributed by atoms with Gasteiger partial charge in [-0.3, -0.25) is 0 Å². The fraction of sp³-hybridized carbons (Fsp3) is 0.571. The molecular weight excluding hydrogens is 298 g/mol. The van der Waals surface area contributed by atoms with Gasteiger partial charge >= 0.3 is 0 Å². The van der Waals surface area contributed by atoms with Gasteiger partial charge in [0.2, 0.25) is 0 Å². The highest BCUT2D eigenvalue weighted by Gasteiger charge is 2.12. The lowest BCUT2D eigenvalue weighted by Gasteiger charge is -2.18. The Morgan fingerprint density at radius 3 is 2.71 bits per heavy atom. The fourth-order valence-corrected chi connectivity index (χ4v) is 2.64. The summed E-state index contributed by atoms with van der Waals surface area (Å²) in [6.45, 7) is 2.24. The molecular formula is C14H21BrClN. The molecule has 3 heteroatoms. The first kappa shape index (κ1) is 15.0. The molecule has 17 heavy (non-hydrogen) atoms. The van der Waals surface area contributed by atoms with Crippen LogP contribution in [-0.4, -0.2) is 7.05 Å². The lowest BCUT2D eigenvalue weighted by Crippen LogP contribution is -2.16. The van der Waals surface area contributed by atoms with Crippen LogP contribution in [0.2, 0.25) is 5.02 Å². The number of unbranched alkanes of at least 4 members (excludes halogenated alkanes) is 3. The van der Waals surface area contributed by atoms with Crippen molar-refractivity contribution in [2.45, 2.75) is 45.1 Å². The quantitative estimate of drug-likeness (QED) is 0.670. The summed E-state index contributed by atoms with van der Waals surface area (Å²) in [5.41, 5.74) is 1.19. The molecule has 0 radical (unpaired) electrons. The van der Waals surface area contributed by atoms with Gasteiger partial charge < -0.3 is 5.32 Å². The van der Waals surface area contributed by atoms with Crippen molar-refractivity contribution >= 4 is 27.5 Å². The van der Waals surface area contributed by atoms with Crippen molar-refractivity contribution in [2.24, 2.45) is 0 Å². The molecule has 1 aromatic rings. The van der Waals surface area contributed by atoms with Gasteiger partial charge in [-0.2, -0.15) is 0 Å². The van der Waals surface area contributed by atoms with Crippen molar-refractivity contribution in [1.82, 2.24) is 5.32 Å². The van der Waals surface area contributed by atoms with E-state index >= 15 is 0 Å². The van der Waals surface area contributed by atoms with Crippen LogP contribution in [0.4, 0.5) is 0 Å². The van der Waals surface area contributed by atoms with Gasteiger partial charge in [0.15, 0.2) is 0 Å². The second-order valence-corrected chi connectivity index (χ2v) is 5.68. The van der Waals surface area contributed by atoms with E-state index in [-0.39, 0.29) is 0 Å². The smallest absolute Gasteiger partial charge is 0.0454 e. The maximum atomic E-state index is 6.25. The Labute approximate surface area is 118 Å². The van der Waals surface area contributed by atoms with Gasteiger partial charge in [0.25, 0.3) is 0 Å². The minimum atomic E-state index is 0.358. The molecule has 1 unspecified atom stereocenters. The van der Waals surface area contributed by atoms with E-state index < -0.39 is 0 Å². The predicted molar refractivity (Wildman–Crippen MR) is 79.7 cm³/mol. The summed E-state index contributed by atoms with van der Waals surface area (Å²) < 4.78 is 1.09. The molecule has 96 valence electrons. The minimum Gasteiger partial charge on any atom is -0.313 e. The molecule has 0 spiro atoms. The monoisotopic (exact) mass is 317 g/mol. The Kier molecular flexibility index (Phi) is 7.17. The molecule has 0 aliphatic heterocycles. The highest BCUT2D eigenvalue weighted by atomic mass is 79.9. The van der Waals surface area contributed by atoms with Crippen LogP contribution in [0.15, 0.2) is 22.7 Å². The second kappa shape index (κ2) is 8.12. The van der Waals surface area contributed by atoms with E-state index in [1.54, 1.807) is 0 Å². The summed E-state index contributed by atoms with van der Waals surface area (Å²) >= 11 is 9.75. The van der Waals surface area contributed by atoms with Crippen LogP contribution >= 0.6 is 27.5 Å². The summed E-state index contributed by atoms with van der Waals surface area (Å²) in [4.78, 5) is 0. The van der Waals surface area contributed by atoms with Crippen LogP contribution in [0, 0.1) is 0 Å². The second-order valence-electron chi connectivity index (χ2n) is 4.36. The number of rotatable bonds is 7. The zero-order valence-corrected chi connectivity index (χ0v) is 12.9. The molecule has 0 aliphatic carbocycles. The van der Waals surface area contributed by atoms with Crippen molar-refractivity contribution in [1.29, 1.82) is 0 Å². The lowest BCUT2D eigenvalue weighted by atomic mass is 10.00. The van der Waals surface area contributed by atoms with Crippen LogP contribution in [-0.2, 0) is 0 Å². The van der Waals surface area contributed by atoms with Gasteiger partial charge in [-0.25, -0.2) is 0 Å². The molecule has 0 saturated heterocycles. The van der Waals surface area contributed by atoms with E-state index in [9.17, 15) is 0 Å². The van der Waals surface area contributed by atoms with Crippen molar-refractivity contribution in [2.75, 3.05) is 7.05 Å². The first-order valence-corrected chi connectivity index (χ1v) is 7.48. The average Bonchev–Trinajstić information content (AvgIpc) is 2.33. The molecule has 0 aliphatic rings. The summed E-state index contributed by atoms with van der Waals surface area (Å²) in [7, 11) is 2.00.